The number of ether oxygens (including phenoxy) is 1. The van der Waals surface area contributed by atoms with Gasteiger partial charge >= 0.3 is 5.97 Å². The summed E-state index contributed by atoms with van der Waals surface area (Å²) < 4.78 is 6.64. The van der Waals surface area contributed by atoms with Crippen LogP contribution < -0.4 is 10.7 Å². The lowest BCUT2D eigenvalue weighted by molar-refractivity contribution is 0.0597. The molecule has 0 saturated heterocycles. The molecule has 2 N–H and O–H groups in total. The van der Waals surface area contributed by atoms with Crippen LogP contribution >= 0.6 is 11.6 Å². The molecule has 8 nitrogen and oxygen atoms in total. The van der Waals surface area contributed by atoms with E-state index in [1.54, 1.807) is 4.68 Å². The first-order valence-corrected chi connectivity index (χ1v) is 8.22. The monoisotopic (exact) mass is 364 g/mol. The second-order valence-corrected chi connectivity index (χ2v) is 6.11. The molecule has 0 radical (unpaired) electrons. The highest BCUT2D eigenvalue weighted by molar-refractivity contribution is 6.29. The van der Waals surface area contributed by atoms with Crippen molar-refractivity contribution < 1.29 is 14.3 Å². The van der Waals surface area contributed by atoms with E-state index in [4.69, 9.17) is 16.3 Å². The van der Waals surface area contributed by atoms with Gasteiger partial charge in [-0.15, -0.1) is 0 Å². The number of aromatic amines is 1. The van der Waals surface area contributed by atoms with E-state index in [0.717, 1.165) is 37.6 Å². The van der Waals surface area contributed by atoms with Crippen molar-refractivity contribution in [1.82, 2.24) is 20.1 Å². The van der Waals surface area contributed by atoms with Crippen molar-refractivity contribution in [1.29, 1.82) is 0 Å². The van der Waals surface area contributed by atoms with Gasteiger partial charge in [-0.25, -0.2) is 4.79 Å². The first kappa shape index (κ1) is 17.2. The number of halogens is 1. The first-order chi connectivity index (χ1) is 12.0. The van der Waals surface area contributed by atoms with Crippen LogP contribution in [0.1, 0.15) is 45.1 Å². The molecule has 2 aromatic rings. The number of fused-ring (bicyclic) bond motifs is 1. The number of H-pyrrole nitrogens is 1. The van der Waals surface area contributed by atoms with Gasteiger partial charge in [0.2, 0.25) is 0 Å². The van der Waals surface area contributed by atoms with E-state index in [1.807, 2.05) is 0 Å². The second kappa shape index (κ2) is 7.10. The quantitative estimate of drug-likeness (QED) is 0.628. The average molecular weight is 365 g/mol. The maximum absolute atomic E-state index is 12.2. The lowest BCUT2D eigenvalue weighted by Gasteiger charge is -2.13. The highest BCUT2D eigenvalue weighted by atomic mass is 35.5. The van der Waals surface area contributed by atoms with E-state index < -0.39 is 11.9 Å². The number of esters is 1. The number of hydrogen-bond acceptors (Lipinski definition) is 5. The van der Waals surface area contributed by atoms with Gasteiger partial charge in [-0.1, -0.05) is 11.6 Å². The number of nitrogens with zero attached hydrogens (tertiary/aromatic N) is 2. The topological polar surface area (TPSA) is 106 Å². The fourth-order valence-electron chi connectivity index (χ4n) is 2.90. The van der Waals surface area contributed by atoms with Crippen LogP contribution in [0.15, 0.2) is 16.9 Å². The van der Waals surface area contributed by atoms with Crippen LogP contribution in [0.5, 0.6) is 0 Å². The minimum absolute atomic E-state index is 0.0395. The van der Waals surface area contributed by atoms with Crippen LogP contribution in [0.25, 0.3) is 0 Å². The summed E-state index contributed by atoms with van der Waals surface area (Å²) in [6.07, 6.45) is 2.71. The third-order valence-corrected chi connectivity index (χ3v) is 4.23. The molecule has 0 bridgehead atoms. The second-order valence-electron chi connectivity index (χ2n) is 5.70. The standard InChI is InChI=1S/C16H17ClN4O4/c1-25-16(24)14-11(20-21-5-3-2-4-12(14)21)8-18-15(23)10-6-9(22)7-13(17)19-10/h6-7H,2-5,8H2,1H3,(H,18,23)(H,19,22). The predicted molar refractivity (Wildman–Crippen MR) is 89.7 cm³/mol. The molecule has 1 aliphatic heterocycles. The Labute approximate surface area is 148 Å². The lowest BCUT2D eigenvalue weighted by Crippen LogP contribution is -2.26. The zero-order valence-electron chi connectivity index (χ0n) is 13.6. The number of hydrogen-bond donors (Lipinski definition) is 2. The SMILES string of the molecule is COC(=O)c1c(CNC(=O)c2cc(=O)cc(Cl)[nH]2)nn2c1CCCC2. The minimum atomic E-state index is -0.513. The zero-order valence-corrected chi connectivity index (χ0v) is 14.4. The Kier molecular flexibility index (Phi) is 4.89. The van der Waals surface area contributed by atoms with Crippen molar-refractivity contribution in [2.24, 2.45) is 0 Å². The summed E-state index contributed by atoms with van der Waals surface area (Å²) in [6.45, 7) is 0.771. The number of rotatable bonds is 4. The number of methoxy groups -OCH3 is 1. The summed E-state index contributed by atoms with van der Waals surface area (Å²) in [5.41, 5.74) is 1.35. The van der Waals surface area contributed by atoms with E-state index in [0.29, 0.717) is 11.3 Å². The van der Waals surface area contributed by atoms with Crippen LogP contribution in [0, 0.1) is 0 Å². The van der Waals surface area contributed by atoms with Gasteiger partial charge in [-0.3, -0.25) is 14.3 Å². The van der Waals surface area contributed by atoms with E-state index in [9.17, 15) is 14.4 Å². The molecule has 0 aliphatic carbocycles. The Bertz CT molecular complexity index is 887. The fourth-order valence-corrected chi connectivity index (χ4v) is 3.11. The van der Waals surface area contributed by atoms with Gasteiger partial charge in [-0.05, 0) is 19.3 Å². The third-order valence-electron chi connectivity index (χ3n) is 4.02. The van der Waals surface area contributed by atoms with Gasteiger partial charge in [0.1, 0.15) is 16.4 Å². The smallest absolute Gasteiger partial charge is 0.341 e. The highest BCUT2D eigenvalue weighted by Crippen LogP contribution is 2.22. The lowest BCUT2D eigenvalue weighted by atomic mass is 10.0. The van der Waals surface area contributed by atoms with E-state index >= 15 is 0 Å². The summed E-state index contributed by atoms with van der Waals surface area (Å²) in [5, 5.41) is 7.14. The molecule has 0 fully saturated rings. The molecule has 0 saturated carbocycles. The maximum atomic E-state index is 12.2. The van der Waals surface area contributed by atoms with Crippen molar-refractivity contribution in [3.8, 4) is 0 Å². The molecule has 1 aliphatic rings. The van der Waals surface area contributed by atoms with Crippen molar-refractivity contribution in [3.05, 3.63) is 50.2 Å². The summed E-state index contributed by atoms with van der Waals surface area (Å²) >= 11 is 5.75. The van der Waals surface area contributed by atoms with Crippen molar-refractivity contribution in [2.75, 3.05) is 7.11 Å². The van der Waals surface area contributed by atoms with Gasteiger partial charge in [0.25, 0.3) is 5.91 Å². The largest absolute Gasteiger partial charge is 0.465 e. The number of carbonyl (C=O) groups excluding carboxylic acids is 2. The number of amides is 1. The number of aromatic nitrogens is 3. The molecule has 25 heavy (non-hydrogen) atoms. The third kappa shape index (κ3) is 3.58. The molecule has 0 spiro atoms. The summed E-state index contributed by atoms with van der Waals surface area (Å²) in [6, 6.07) is 2.33. The molecule has 132 valence electrons. The minimum Gasteiger partial charge on any atom is -0.465 e. The first-order valence-electron chi connectivity index (χ1n) is 7.84. The summed E-state index contributed by atoms with van der Waals surface area (Å²) in [7, 11) is 1.31. The van der Waals surface area contributed by atoms with Crippen molar-refractivity contribution in [3.63, 3.8) is 0 Å². The summed E-state index contributed by atoms with van der Waals surface area (Å²) in [4.78, 5) is 38.4. The van der Waals surface area contributed by atoms with Gasteiger partial charge in [0, 0.05) is 18.7 Å². The molecule has 3 heterocycles. The Hall–Kier alpha value is -2.61. The molecule has 2 aromatic heterocycles. The molecule has 0 aromatic carbocycles. The van der Waals surface area contributed by atoms with Crippen LogP contribution in [-0.2, 0) is 24.2 Å². The molecule has 1 amide bonds. The van der Waals surface area contributed by atoms with Crippen molar-refractivity contribution >= 4 is 23.5 Å². The normalized spacial score (nSPS) is 13.2. The molecular formula is C16H17ClN4O4. The van der Waals surface area contributed by atoms with Crippen LogP contribution in [-0.4, -0.2) is 33.8 Å². The van der Waals surface area contributed by atoms with E-state index in [2.05, 4.69) is 15.4 Å². The van der Waals surface area contributed by atoms with E-state index in [1.165, 1.54) is 13.2 Å². The predicted octanol–water partition coefficient (Wildman–Crippen LogP) is 1.28. The molecular weight excluding hydrogens is 348 g/mol. The maximum Gasteiger partial charge on any atom is 0.341 e. The van der Waals surface area contributed by atoms with Gasteiger partial charge < -0.3 is 15.0 Å². The number of aryl methyl sites for hydroxylation is 1. The van der Waals surface area contributed by atoms with Crippen LogP contribution in [0.4, 0.5) is 0 Å². The number of pyridine rings is 1. The van der Waals surface area contributed by atoms with Gasteiger partial charge in [-0.2, -0.15) is 5.10 Å². The van der Waals surface area contributed by atoms with E-state index in [-0.39, 0.29) is 22.8 Å². The van der Waals surface area contributed by atoms with Gasteiger partial charge in [0.05, 0.1) is 25.0 Å². The summed E-state index contributed by atoms with van der Waals surface area (Å²) in [5.74, 6) is -0.982. The Morgan fingerprint density at radius 1 is 1.40 bits per heavy atom. The average Bonchev–Trinajstić information content (AvgIpc) is 2.96. The van der Waals surface area contributed by atoms with Crippen LogP contribution in [0.3, 0.4) is 0 Å². The van der Waals surface area contributed by atoms with Crippen LogP contribution in [0.2, 0.25) is 5.15 Å². The van der Waals surface area contributed by atoms with Gasteiger partial charge in [0.15, 0.2) is 5.43 Å². The number of carbonyl (C=O) groups is 2. The molecule has 3 rings (SSSR count). The zero-order chi connectivity index (χ0) is 18.0. The molecule has 0 atom stereocenters. The fraction of sp³-hybridized carbons (Fsp3) is 0.375. The number of nitrogens with one attached hydrogen (secondary N) is 2. The van der Waals surface area contributed by atoms with Crippen molar-refractivity contribution in [2.45, 2.75) is 32.4 Å². The molecule has 9 heteroatoms. The Balaban J connectivity index is 1.83. The molecule has 0 unspecified atom stereocenters. The Morgan fingerprint density at radius 3 is 2.92 bits per heavy atom. The highest BCUT2D eigenvalue weighted by Gasteiger charge is 2.26. The Morgan fingerprint density at radius 2 is 2.20 bits per heavy atom.